The topological polar surface area (TPSA) is 72.7 Å². The highest BCUT2D eigenvalue weighted by molar-refractivity contribution is 9.10. The van der Waals surface area contributed by atoms with Crippen LogP contribution in [0.25, 0.3) is 11.4 Å². The summed E-state index contributed by atoms with van der Waals surface area (Å²) in [6, 6.07) is 11.3. The third-order valence-electron chi connectivity index (χ3n) is 3.72. The van der Waals surface area contributed by atoms with Crippen molar-refractivity contribution in [2.45, 2.75) is 30.8 Å². The van der Waals surface area contributed by atoms with Crippen molar-refractivity contribution in [3.8, 4) is 11.4 Å². The van der Waals surface area contributed by atoms with Gasteiger partial charge in [-0.05, 0) is 44.2 Å². The lowest BCUT2D eigenvalue weighted by Gasteiger charge is -2.13. The molecule has 0 saturated carbocycles. The van der Waals surface area contributed by atoms with Gasteiger partial charge in [0, 0.05) is 34.7 Å². The molecule has 0 radical (unpaired) electrons. The number of carbonyl (C=O) groups is 1. The molecule has 3 rings (SSSR count). The third kappa shape index (κ3) is 4.31. The minimum Gasteiger partial charge on any atom is -0.325 e. The van der Waals surface area contributed by atoms with E-state index in [2.05, 4.69) is 36.4 Å². The minimum absolute atomic E-state index is 0.0794. The Morgan fingerprint density at radius 1 is 1.27 bits per heavy atom. The molecule has 0 aliphatic heterocycles. The van der Waals surface area contributed by atoms with Gasteiger partial charge in [-0.15, -0.1) is 10.2 Å². The maximum Gasteiger partial charge on any atom is 0.237 e. The van der Waals surface area contributed by atoms with Crippen LogP contribution in [-0.4, -0.2) is 30.9 Å². The van der Waals surface area contributed by atoms with Gasteiger partial charge in [-0.25, -0.2) is 0 Å². The molecule has 1 atom stereocenters. The molecule has 6 nitrogen and oxygen atoms in total. The van der Waals surface area contributed by atoms with E-state index in [1.165, 1.54) is 11.8 Å². The lowest BCUT2D eigenvalue weighted by molar-refractivity contribution is -0.115. The van der Waals surface area contributed by atoms with Crippen molar-refractivity contribution in [2.24, 2.45) is 0 Å². The minimum atomic E-state index is -0.311. The van der Waals surface area contributed by atoms with Crippen LogP contribution in [0.3, 0.4) is 0 Å². The molecular weight excluding hydrogens is 414 g/mol. The van der Waals surface area contributed by atoms with E-state index in [0.29, 0.717) is 6.54 Å². The molecule has 1 N–H and O–H groups in total. The summed E-state index contributed by atoms with van der Waals surface area (Å²) in [7, 11) is 0. The van der Waals surface area contributed by atoms with Crippen LogP contribution in [0, 0.1) is 0 Å². The molecule has 0 saturated heterocycles. The lowest BCUT2D eigenvalue weighted by Crippen LogP contribution is -2.22. The van der Waals surface area contributed by atoms with E-state index in [-0.39, 0.29) is 11.2 Å². The summed E-state index contributed by atoms with van der Waals surface area (Å²) in [5.41, 5.74) is 1.71. The van der Waals surface area contributed by atoms with E-state index in [4.69, 9.17) is 0 Å². The summed E-state index contributed by atoms with van der Waals surface area (Å²) in [5, 5.41) is 11.9. The summed E-state index contributed by atoms with van der Waals surface area (Å²) in [4.78, 5) is 16.5. The molecule has 26 heavy (non-hydrogen) atoms. The Hall–Kier alpha value is -2.19. The van der Waals surface area contributed by atoms with Crippen LogP contribution in [-0.2, 0) is 11.3 Å². The molecule has 0 aliphatic rings. The van der Waals surface area contributed by atoms with Crippen molar-refractivity contribution in [3.05, 3.63) is 53.3 Å². The Bertz CT molecular complexity index is 900. The maximum atomic E-state index is 12.5. The first-order chi connectivity index (χ1) is 12.6. The Morgan fingerprint density at radius 3 is 2.73 bits per heavy atom. The molecule has 2 aromatic heterocycles. The first-order valence-electron chi connectivity index (χ1n) is 8.15. The standard InChI is InChI=1S/C18H18BrN5OS/c1-3-24-16(13-7-9-20-10-8-13)22-23-18(24)26-12(2)17(25)21-15-6-4-5-14(19)11-15/h4-12H,3H2,1-2H3,(H,21,25). The van der Waals surface area contributed by atoms with Gasteiger partial charge in [0.25, 0.3) is 0 Å². The van der Waals surface area contributed by atoms with E-state index in [1.807, 2.05) is 54.8 Å². The molecule has 1 unspecified atom stereocenters. The maximum absolute atomic E-state index is 12.5. The van der Waals surface area contributed by atoms with Crippen molar-refractivity contribution in [1.82, 2.24) is 19.7 Å². The number of benzene rings is 1. The number of rotatable bonds is 6. The van der Waals surface area contributed by atoms with Gasteiger partial charge in [-0.3, -0.25) is 9.78 Å². The van der Waals surface area contributed by atoms with Crippen LogP contribution < -0.4 is 5.32 Å². The number of nitrogens with zero attached hydrogens (tertiary/aromatic N) is 4. The average molecular weight is 432 g/mol. The van der Waals surface area contributed by atoms with Gasteiger partial charge < -0.3 is 9.88 Å². The van der Waals surface area contributed by atoms with E-state index in [0.717, 1.165) is 26.7 Å². The predicted molar refractivity (Wildman–Crippen MR) is 107 cm³/mol. The summed E-state index contributed by atoms with van der Waals surface area (Å²) in [6.45, 7) is 4.61. The fourth-order valence-corrected chi connectivity index (χ4v) is 3.71. The predicted octanol–water partition coefficient (Wildman–Crippen LogP) is 4.24. The summed E-state index contributed by atoms with van der Waals surface area (Å²) < 4.78 is 2.92. The number of anilines is 1. The number of hydrogen-bond acceptors (Lipinski definition) is 5. The zero-order chi connectivity index (χ0) is 18.5. The number of hydrogen-bond donors (Lipinski definition) is 1. The normalized spacial score (nSPS) is 12.0. The van der Waals surface area contributed by atoms with Crippen LogP contribution in [0.2, 0.25) is 0 Å². The molecule has 3 aromatic rings. The summed E-state index contributed by atoms with van der Waals surface area (Å²) in [6.07, 6.45) is 3.45. The van der Waals surface area contributed by atoms with Crippen molar-refractivity contribution in [1.29, 1.82) is 0 Å². The van der Waals surface area contributed by atoms with Crippen LogP contribution in [0.1, 0.15) is 13.8 Å². The first-order valence-corrected chi connectivity index (χ1v) is 9.82. The van der Waals surface area contributed by atoms with E-state index >= 15 is 0 Å². The monoisotopic (exact) mass is 431 g/mol. The molecule has 1 aromatic carbocycles. The smallest absolute Gasteiger partial charge is 0.237 e. The average Bonchev–Trinajstić information content (AvgIpc) is 3.05. The number of thioether (sulfide) groups is 1. The highest BCUT2D eigenvalue weighted by Crippen LogP contribution is 2.27. The van der Waals surface area contributed by atoms with Gasteiger partial charge in [-0.2, -0.15) is 0 Å². The fraction of sp³-hybridized carbons (Fsp3) is 0.222. The van der Waals surface area contributed by atoms with Crippen LogP contribution in [0.4, 0.5) is 5.69 Å². The molecule has 0 fully saturated rings. The number of halogens is 1. The second-order valence-corrected chi connectivity index (χ2v) is 7.77. The van der Waals surface area contributed by atoms with E-state index < -0.39 is 0 Å². The SMILES string of the molecule is CCn1c(SC(C)C(=O)Nc2cccc(Br)c2)nnc1-c1ccncc1. The Kier molecular flexibility index (Phi) is 6.05. The molecule has 0 aliphatic carbocycles. The molecule has 0 spiro atoms. The highest BCUT2D eigenvalue weighted by atomic mass is 79.9. The van der Waals surface area contributed by atoms with Crippen molar-refractivity contribution >= 4 is 39.3 Å². The molecular formula is C18H18BrN5OS. The van der Waals surface area contributed by atoms with Crippen LogP contribution >= 0.6 is 27.7 Å². The number of aromatic nitrogens is 4. The third-order valence-corrected chi connectivity index (χ3v) is 5.29. The zero-order valence-corrected chi connectivity index (χ0v) is 16.8. The fourth-order valence-electron chi connectivity index (χ4n) is 2.40. The summed E-state index contributed by atoms with van der Waals surface area (Å²) in [5.74, 6) is 0.696. The number of pyridine rings is 1. The largest absolute Gasteiger partial charge is 0.325 e. The van der Waals surface area contributed by atoms with Crippen LogP contribution in [0.5, 0.6) is 0 Å². The Balaban J connectivity index is 1.74. The molecule has 0 bridgehead atoms. The molecule has 134 valence electrons. The number of nitrogens with one attached hydrogen (secondary N) is 1. The number of amides is 1. The molecule has 8 heteroatoms. The van der Waals surface area contributed by atoms with Crippen molar-refractivity contribution in [2.75, 3.05) is 5.32 Å². The lowest BCUT2D eigenvalue weighted by atomic mass is 10.2. The van der Waals surface area contributed by atoms with E-state index in [1.54, 1.807) is 12.4 Å². The molecule has 1 amide bonds. The zero-order valence-electron chi connectivity index (χ0n) is 14.4. The van der Waals surface area contributed by atoms with Gasteiger partial charge in [0.15, 0.2) is 11.0 Å². The number of carbonyl (C=O) groups excluding carboxylic acids is 1. The van der Waals surface area contributed by atoms with E-state index in [9.17, 15) is 4.79 Å². The van der Waals surface area contributed by atoms with Crippen molar-refractivity contribution < 1.29 is 4.79 Å². The van der Waals surface area contributed by atoms with Gasteiger partial charge in [-0.1, -0.05) is 33.8 Å². The van der Waals surface area contributed by atoms with Crippen LogP contribution in [0.15, 0.2) is 58.4 Å². The van der Waals surface area contributed by atoms with Gasteiger partial charge in [0.1, 0.15) is 0 Å². The second kappa shape index (κ2) is 8.46. The van der Waals surface area contributed by atoms with Gasteiger partial charge in [0.2, 0.25) is 5.91 Å². The van der Waals surface area contributed by atoms with Gasteiger partial charge in [0.05, 0.1) is 5.25 Å². The summed E-state index contributed by atoms with van der Waals surface area (Å²) >= 11 is 4.80. The van der Waals surface area contributed by atoms with Gasteiger partial charge >= 0.3 is 0 Å². The first kappa shape index (κ1) is 18.6. The van der Waals surface area contributed by atoms with Crippen molar-refractivity contribution in [3.63, 3.8) is 0 Å². The highest BCUT2D eigenvalue weighted by Gasteiger charge is 2.20. The Labute approximate surface area is 164 Å². The molecule has 2 heterocycles. The Morgan fingerprint density at radius 2 is 2.04 bits per heavy atom. The quantitative estimate of drug-likeness (QED) is 0.590. The second-order valence-electron chi connectivity index (χ2n) is 5.55.